The van der Waals surface area contributed by atoms with E-state index in [9.17, 15) is 19.2 Å². The highest BCUT2D eigenvalue weighted by Crippen LogP contribution is 2.33. The maximum atomic E-state index is 13.2. The lowest BCUT2D eigenvalue weighted by Gasteiger charge is -2.15. The highest BCUT2D eigenvalue weighted by molar-refractivity contribution is 6.21. The second-order valence-corrected chi connectivity index (χ2v) is 9.26. The summed E-state index contributed by atoms with van der Waals surface area (Å²) in [5, 5.41) is 2.97. The topological polar surface area (TPSA) is 88.5 Å². The van der Waals surface area contributed by atoms with Crippen LogP contribution in [0.3, 0.4) is 0 Å². The van der Waals surface area contributed by atoms with Gasteiger partial charge in [0.1, 0.15) is 0 Å². The van der Waals surface area contributed by atoms with Crippen molar-refractivity contribution in [2.45, 2.75) is 25.4 Å². The average molecular weight is 490 g/mol. The molecule has 0 fully saturated rings. The number of anilines is 1. The number of nitrogens with one attached hydrogen (secondary N) is 1. The summed E-state index contributed by atoms with van der Waals surface area (Å²) in [6, 6.07) is 26.7. The summed E-state index contributed by atoms with van der Waals surface area (Å²) in [4.78, 5) is 52.8. The van der Waals surface area contributed by atoms with E-state index in [4.69, 9.17) is 0 Å². The molecule has 1 aromatic heterocycles. The van der Waals surface area contributed by atoms with E-state index in [0.717, 1.165) is 11.3 Å². The highest BCUT2D eigenvalue weighted by Gasteiger charge is 2.35. The van der Waals surface area contributed by atoms with E-state index in [0.29, 0.717) is 41.0 Å². The van der Waals surface area contributed by atoms with Crippen LogP contribution in [0.1, 0.15) is 60.4 Å². The molecule has 3 heterocycles. The summed E-state index contributed by atoms with van der Waals surface area (Å²) in [5.74, 6) is -1.23. The number of imide groups is 1. The number of fused-ring (bicyclic) bond motifs is 2. The van der Waals surface area contributed by atoms with Crippen molar-refractivity contribution in [2.75, 3.05) is 5.32 Å². The molecule has 7 nitrogen and oxygen atoms in total. The van der Waals surface area contributed by atoms with Gasteiger partial charge in [-0.15, -0.1) is 0 Å². The van der Waals surface area contributed by atoms with Gasteiger partial charge in [-0.2, -0.15) is 0 Å². The molecule has 37 heavy (non-hydrogen) atoms. The lowest BCUT2D eigenvalue weighted by molar-refractivity contribution is -0.117. The van der Waals surface area contributed by atoms with Gasteiger partial charge in [-0.1, -0.05) is 54.6 Å². The van der Waals surface area contributed by atoms with Crippen LogP contribution in [0.2, 0.25) is 0 Å². The summed E-state index contributed by atoms with van der Waals surface area (Å²) in [7, 11) is 0. The molecule has 1 N–H and O–H groups in total. The maximum Gasteiger partial charge on any atom is 0.261 e. The molecule has 1 atom stereocenters. The summed E-state index contributed by atoms with van der Waals surface area (Å²) < 4.78 is 1.93. The first-order valence-electron chi connectivity index (χ1n) is 12.2. The number of nitrogens with zero attached hydrogens (tertiary/aromatic N) is 2. The number of carbonyl (C=O) groups is 4. The van der Waals surface area contributed by atoms with Crippen molar-refractivity contribution in [3.8, 4) is 0 Å². The summed E-state index contributed by atoms with van der Waals surface area (Å²) in [6.45, 7) is 0.710. The van der Waals surface area contributed by atoms with Gasteiger partial charge >= 0.3 is 0 Å². The Morgan fingerprint density at radius 1 is 0.811 bits per heavy atom. The molecule has 3 amide bonds. The Labute approximate surface area is 213 Å². The third kappa shape index (κ3) is 3.94. The van der Waals surface area contributed by atoms with E-state index in [1.54, 1.807) is 60.7 Å². The van der Waals surface area contributed by atoms with Crippen LogP contribution >= 0.6 is 0 Å². The number of carbonyl (C=O) groups excluding carboxylic acids is 4. The minimum Gasteiger partial charge on any atom is -0.341 e. The molecule has 3 aromatic carbocycles. The van der Waals surface area contributed by atoms with Gasteiger partial charge in [-0.25, -0.2) is 0 Å². The molecule has 6 rings (SSSR count). The van der Waals surface area contributed by atoms with Crippen molar-refractivity contribution < 1.29 is 19.2 Å². The van der Waals surface area contributed by atoms with Crippen molar-refractivity contribution in [2.24, 2.45) is 0 Å². The first-order valence-corrected chi connectivity index (χ1v) is 12.2. The number of amides is 3. The normalized spacial score (nSPS) is 16.0. The van der Waals surface area contributed by atoms with Crippen LogP contribution in [0.15, 0.2) is 91.0 Å². The first-order chi connectivity index (χ1) is 18.0. The third-order valence-electron chi connectivity index (χ3n) is 7.01. The lowest BCUT2D eigenvalue weighted by atomic mass is 10.0. The molecule has 0 aliphatic carbocycles. The quantitative estimate of drug-likeness (QED) is 0.316. The van der Waals surface area contributed by atoms with E-state index < -0.39 is 0 Å². The van der Waals surface area contributed by atoms with Gasteiger partial charge in [0, 0.05) is 23.5 Å². The van der Waals surface area contributed by atoms with Crippen molar-refractivity contribution in [3.63, 3.8) is 0 Å². The smallest absolute Gasteiger partial charge is 0.261 e. The SMILES string of the molecule is O=C(c1ccccc1)c1ccc2n1CCC2C(=O)Nc1cccc(CN2C(=O)c3ccccc3C2=O)c1. The molecular formula is C30H23N3O4. The van der Waals surface area contributed by atoms with Gasteiger partial charge in [0.05, 0.1) is 29.3 Å². The predicted molar refractivity (Wildman–Crippen MR) is 137 cm³/mol. The Kier molecular flexibility index (Phi) is 5.53. The first kappa shape index (κ1) is 22.7. The maximum absolute atomic E-state index is 13.2. The van der Waals surface area contributed by atoms with Crippen molar-refractivity contribution in [1.82, 2.24) is 9.47 Å². The number of benzene rings is 3. The average Bonchev–Trinajstić information content (AvgIpc) is 3.59. The van der Waals surface area contributed by atoms with E-state index >= 15 is 0 Å². The molecule has 2 aliphatic rings. The molecule has 182 valence electrons. The Hall–Kier alpha value is -4.78. The second-order valence-electron chi connectivity index (χ2n) is 9.26. The van der Waals surface area contributed by atoms with Gasteiger partial charge in [0.2, 0.25) is 11.7 Å². The monoisotopic (exact) mass is 489 g/mol. The minimum atomic E-state index is -0.378. The minimum absolute atomic E-state index is 0.0613. The van der Waals surface area contributed by atoms with Crippen LogP contribution in [-0.2, 0) is 17.9 Å². The molecule has 0 bridgehead atoms. The van der Waals surface area contributed by atoms with Gasteiger partial charge in [-0.3, -0.25) is 24.1 Å². The highest BCUT2D eigenvalue weighted by atomic mass is 16.2. The van der Waals surface area contributed by atoms with Crippen LogP contribution in [0.4, 0.5) is 5.69 Å². The van der Waals surface area contributed by atoms with Crippen LogP contribution in [-0.4, -0.2) is 33.0 Å². The molecule has 0 spiro atoms. The number of hydrogen-bond acceptors (Lipinski definition) is 4. The van der Waals surface area contributed by atoms with E-state index in [1.807, 2.05) is 34.9 Å². The molecular weight excluding hydrogens is 466 g/mol. The fourth-order valence-electron chi connectivity index (χ4n) is 5.19. The summed E-state index contributed by atoms with van der Waals surface area (Å²) in [6.07, 6.45) is 0.603. The van der Waals surface area contributed by atoms with Gasteiger partial charge in [-0.05, 0) is 48.4 Å². The molecule has 2 aliphatic heterocycles. The molecule has 4 aromatic rings. The fourth-order valence-corrected chi connectivity index (χ4v) is 5.19. The number of rotatable bonds is 6. The van der Waals surface area contributed by atoms with E-state index in [2.05, 4.69) is 5.32 Å². The molecule has 0 radical (unpaired) electrons. The Bertz CT molecular complexity index is 1540. The second kappa shape index (κ2) is 9.02. The third-order valence-corrected chi connectivity index (χ3v) is 7.01. The predicted octanol–water partition coefficient (Wildman–Crippen LogP) is 4.64. The zero-order valence-electron chi connectivity index (χ0n) is 19.9. The standard InChI is InChI=1S/C30H23N3O4/c34-27(20-8-2-1-3-9-20)26-14-13-25-24(15-16-32(25)26)28(35)31-21-10-6-7-19(17-21)18-33-29(36)22-11-4-5-12-23(22)30(33)37/h1-14,17,24H,15-16,18H2,(H,31,35). The Morgan fingerprint density at radius 3 is 2.24 bits per heavy atom. The summed E-state index contributed by atoms with van der Waals surface area (Å²) >= 11 is 0. The zero-order valence-corrected chi connectivity index (χ0v) is 19.9. The molecule has 0 saturated carbocycles. The lowest BCUT2D eigenvalue weighted by Crippen LogP contribution is -2.29. The Balaban J connectivity index is 1.16. The van der Waals surface area contributed by atoms with Crippen LogP contribution in [0.5, 0.6) is 0 Å². The van der Waals surface area contributed by atoms with E-state index in [1.165, 1.54) is 4.90 Å². The number of aromatic nitrogens is 1. The van der Waals surface area contributed by atoms with Gasteiger partial charge < -0.3 is 9.88 Å². The van der Waals surface area contributed by atoms with E-state index in [-0.39, 0.29) is 36.0 Å². The zero-order chi connectivity index (χ0) is 25.5. The van der Waals surface area contributed by atoms with Crippen molar-refractivity contribution in [3.05, 3.63) is 125 Å². The molecule has 1 unspecified atom stereocenters. The Morgan fingerprint density at radius 2 is 1.51 bits per heavy atom. The van der Waals surface area contributed by atoms with Crippen LogP contribution in [0, 0.1) is 0 Å². The molecule has 7 heteroatoms. The fraction of sp³-hybridized carbons (Fsp3) is 0.133. The van der Waals surface area contributed by atoms with Gasteiger partial charge in [0.15, 0.2) is 0 Å². The van der Waals surface area contributed by atoms with Crippen LogP contribution in [0.25, 0.3) is 0 Å². The summed E-state index contributed by atoms with van der Waals surface area (Å²) in [5.41, 5.74) is 4.16. The largest absolute Gasteiger partial charge is 0.341 e. The number of ketones is 1. The van der Waals surface area contributed by atoms with Crippen molar-refractivity contribution >= 4 is 29.2 Å². The van der Waals surface area contributed by atoms with Crippen molar-refractivity contribution in [1.29, 1.82) is 0 Å². The van der Waals surface area contributed by atoms with Gasteiger partial charge in [0.25, 0.3) is 11.8 Å². The van der Waals surface area contributed by atoms with Crippen LogP contribution < -0.4 is 5.32 Å². The number of hydrogen-bond donors (Lipinski definition) is 1. The molecule has 0 saturated heterocycles.